The van der Waals surface area contributed by atoms with Crippen LogP contribution < -0.4 is 11.1 Å². The number of benzene rings is 1. The molecule has 0 spiro atoms. The highest BCUT2D eigenvalue weighted by molar-refractivity contribution is 5.95. The van der Waals surface area contributed by atoms with Crippen LogP contribution in [0.2, 0.25) is 0 Å². The Kier molecular flexibility index (Phi) is 5.63. The molecule has 1 aromatic carbocycles. The van der Waals surface area contributed by atoms with E-state index in [-0.39, 0.29) is 18.1 Å². The molecule has 0 radical (unpaired) electrons. The molecular weight excluding hydrogens is 269 g/mol. The number of alkyl halides is 3. The van der Waals surface area contributed by atoms with Crippen molar-refractivity contribution in [2.24, 2.45) is 5.73 Å². The molecule has 7 heteroatoms. The van der Waals surface area contributed by atoms with Crippen molar-refractivity contribution >= 4 is 24.0 Å². The highest BCUT2D eigenvalue weighted by Crippen LogP contribution is 2.31. The van der Waals surface area contributed by atoms with Gasteiger partial charge in [0.25, 0.3) is 0 Å². The maximum atomic E-state index is 12.5. The molecule has 1 atom stereocenters. The van der Waals surface area contributed by atoms with E-state index in [1.807, 2.05) is 0 Å². The summed E-state index contributed by atoms with van der Waals surface area (Å²) in [6.07, 6.45) is -4.43. The second-order valence-corrected chi connectivity index (χ2v) is 3.81. The summed E-state index contributed by atoms with van der Waals surface area (Å²) >= 11 is 0. The van der Waals surface area contributed by atoms with E-state index in [0.717, 1.165) is 12.1 Å². The highest BCUT2D eigenvalue weighted by atomic mass is 35.5. The zero-order valence-corrected chi connectivity index (χ0v) is 10.7. The molecule has 0 bridgehead atoms. The number of hydrogen-bond donors (Lipinski definition) is 2. The van der Waals surface area contributed by atoms with Crippen molar-refractivity contribution in [2.45, 2.75) is 26.1 Å². The number of amides is 1. The summed E-state index contributed by atoms with van der Waals surface area (Å²) in [5, 5.41) is 2.36. The number of hydrogen-bond acceptors (Lipinski definition) is 2. The smallest absolute Gasteiger partial charge is 0.324 e. The van der Waals surface area contributed by atoms with Crippen molar-refractivity contribution in [1.82, 2.24) is 0 Å². The Morgan fingerprint density at radius 3 is 2.39 bits per heavy atom. The molecule has 0 aromatic heterocycles. The Hall–Kier alpha value is -1.27. The monoisotopic (exact) mass is 282 g/mol. The largest absolute Gasteiger partial charge is 0.416 e. The highest BCUT2D eigenvalue weighted by Gasteiger charge is 2.30. The van der Waals surface area contributed by atoms with Gasteiger partial charge >= 0.3 is 6.18 Å². The molecule has 0 heterocycles. The zero-order valence-electron chi connectivity index (χ0n) is 9.84. The van der Waals surface area contributed by atoms with Crippen LogP contribution in [-0.4, -0.2) is 11.9 Å². The maximum absolute atomic E-state index is 12.5. The number of carbonyl (C=O) groups is 1. The van der Waals surface area contributed by atoms with E-state index >= 15 is 0 Å². The van der Waals surface area contributed by atoms with Crippen molar-refractivity contribution in [3.8, 4) is 0 Å². The molecule has 1 amide bonds. The average molecular weight is 283 g/mol. The Morgan fingerprint density at radius 2 is 1.94 bits per heavy atom. The number of halogens is 4. The molecule has 0 aliphatic carbocycles. The third kappa shape index (κ3) is 4.19. The lowest BCUT2D eigenvalue weighted by atomic mass is 10.1. The van der Waals surface area contributed by atoms with Gasteiger partial charge in [0.05, 0.1) is 11.6 Å². The Morgan fingerprint density at radius 1 is 1.39 bits per heavy atom. The van der Waals surface area contributed by atoms with Crippen LogP contribution in [0.25, 0.3) is 0 Å². The molecule has 0 aliphatic rings. The summed E-state index contributed by atoms with van der Waals surface area (Å²) < 4.78 is 37.4. The van der Waals surface area contributed by atoms with E-state index in [1.54, 1.807) is 6.92 Å². The van der Waals surface area contributed by atoms with E-state index in [4.69, 9.17) is 5.73 Å². The van der Waals surface area contributed by atoms with Gasteiger partial charge in [-0.05, 0) is 31.5 Å². The standard InChI is InChI=1S/C11H13F3N2O.ClH/c1-6-3-4-8(11(12,13)14)5-9(6)16-10(17)7(2)15;/h3-5,7H,15H2,1-2H3,(H,16,17);1H/t7-;/m0./s1. The van der Waals surface area contributed by atoms with E-state index in [1.165, 1.54) is 13.0 Å². The molecule has 0 saturated carbocycles. The summed E-state index contributed by atoms with van der Waals surface area (Å²) in [4.78, 5) is 11.3. The fourth-order valence-electron chi connectivity index (χ4n) is 1.18. The van der Waals surface area contributed by atoms with E-state index in [9.17, 15) is 18.0 Å². The van der Waals surface area contributed by atoms with Crippen LogP contribution in [0.15, 0.2) is 18.2 Å². The first-order valence-corrected chi connectivity index (χ1v) is 4.96. The van der Waals surface area contributed by atoms with Gasteiger partial charge in [-0.2, -0.15) is 13.2 Å². The van der Waals surface area contributed by atoms with Crippen LogP contribution in [0.5, 0.6) is 0 Å². The van der Waals surface area contributed by atoms with Gasteiger partial charge in [0.1, 0.15) is 0 Å². The van der Waals surface area contributed by atoms with Crippen LogP contribution in [0, 0.1) is 6.92 Å². The van der Waals surface area contributed by atoms with E-state index in [2.05, 4.69) is 5.32 Å². The zero-order chi connectivity index (χ0) is 13.2. The fraction of sp³-hybridized carbons (Fsp3) is 0.364. The van der Waals surface area contributed by atoms with Crippen LogP contribution in [0.4, 0.5) is 18.9 Å². The first kappa shape index (κ1) is 16.7. The minimum atomic E-state index is -4.43. The van der Waals surface area contributed by atoms with E-state index in [0.29, 0.717) is 5.56 Å². The van der Waals surface area contributed by atoms with Crippen molar-refractivity contribution in [1.29, 1.82) is 0 Å². The van der Waals surface area contributed by atoms with Gasteiger partial charge in [-0.1, -0.05) is 6.07 Å². The number of aryl methyl sites for hydroxylation is 1. The maximum Gasteiger partial charge on any atom is 0.416 e. The quantitative estimate of drug-likeness (QED) is 0.876. The topological polar surface area (TPSA) is 55.1 Å². The lowest BCUT2D eigenvalue weighted by molar-refractivity contribution is -0.137. The van der Waals surface area contributed by atoms with Gasteiger partial charge in [0, 0.05) is 5.69 Å². The molecule has 1 aromatic rings. The van der Waals surface area contributed by atoms with Crippen molar-refractivity contribution in [2.75, 3.05) is 5.32 Å². The number of nitrogens with two attached hydrogens (primary N) is 1. The lowest BCUT2D eigenvalue weighted by Gasteiger charge is -2.13. The second kappa shape index (κ2) is 6.06. The molecule has 1 rings (SSSR count). The Bertz CT molecular complexity index is 433. The van der Waals surface area contributed by atoms with Gasteiger partial charge in [0.15, 0.2) is 0 Å². The third-order valence-electron chi connectivity index (χ3n) is 2.24. The summed E-state index contributed by atoms with van der Waals surface area (Å²) in [6.45, 7) is 3.06. The first-order valence-electron chi connectivity index (χ1n) is 4.96. The number of nitrogens with one attached hydrogen (secondary N) is 1. The average Bonchev–Trinajstić information content (AvgIpc) is 2.19. The number of rotatable bonds is 2. The van der Waals surface area contributed by atoms with Gasteiger partial charge in [-0.3, -0.25) is 4.79 Å². The van der Waals surface area contributed by atoms with Crippen LogP contribution in [0.3, 0.4) is 0 Å². The molecule has 3 N–H and O–H groups in total. The lowest BCUT2D eigenvalue weighted by Crippen LogP contribution is -2.32. The van der Waals surface area contributed by atoms with E-state index < -0.39 is 23.7 Å². The summed E-state index contributed by atoms with van der Waals surface area (Å²) in [6, 6.07) is 2.40. The number of anilines is 1. The molecular formula is C11H14ClF3N2O. The SMILES string of the molecule is Cc1ccc(C(F)(F)F)cc1NC(=O)[C@H](C)N.Cl. The van der Waals surface area contributed by atoms with Crippen molar-refractivity contribution < 1.29 is 18.0 Å². The third-order valence-corrected chi connectivity index (χ3v) is 2.24. The Balaban J connectivity index is 0.00000289. The fourth-order valence-corrected chi connectivity index (χ4v) is 1.18. The van der Waals surface area contributed by atoms with Crippen LogP contribution >= 0.6 is 12.4 Å². The first-order chi connectivity index (χ1) is 7.71. The van der Waals surface area contributed by atoms with Gasteiger partial charge in [-0.25, -0.2) is 0 Å². The summed E-state index contributed by atoms with van der Waals surface area (Å²) in [5.41, 5.74) is 5.20. The molecule has 3 nitrogen and oxygen atoms in total. The minimum Gasteiger partial charge on any atom is -0.324 e. The van der Waals surface area contributed by atoms with Crippen LogP contribution in [-0.2, 0) is 11.0 Å². The molecule has 0 fully saturated rings. The van der Waals surface area contributed by atoms with Crippen molar-refractivity contribution in [3.63, 3.8) is 0 Å². The summed E-state index contributed by atoms with van der Waals surface area (Å²) in [7, 11) is 0. The predicted octanol–water partition coefficient (Wildman–Crippen LogP) is 2.72. The minimum absolute atomic E-state index is 0. The molecule has 18 heavy (non-hydrogen) atoms. The van der Waals surface area contributed by atoms with Crippen molar-refractivity contribution in [3.05, 3.63) is 29.3 Å². The van der Waals surface area contributed by atoms with Gasteiger partial charge in [-0.15, -0.1) is 12.4 Å². The van der Waals surface area contributed by atoms with Gasteiger partial charge < -0.3 is 11.1 Å². The summed E-state index contributed by atoms with van der Waals surface area (Å²) in [5.74, 6) is -0.521. The normalized spacial score (nSPS) is 12.6. The molecule has 0 unspecified atom stereocenters. The van der Waals surface area contributed by atoms with Gasteiger partial charge in [0.2, 0.25) is 5.91 Å². The molecule has 102 valence electrons. The second-order valence-electron chi connectivity index (χ2n) is 3.81. The molecule has 0 aliphatic heterocycles. The predicted molar refractivity (Wildman–Crippen MR) is 65.7 cm³/mol. The number of carbonyl (C=O) groups excluding carboxylic acids is 1. The Labute approximate surface area is 109 Å². The van der Waals surface area contributed by atoms with Crippen LogP contribution in [0.1, 0.15) is 18.1 Å². The molecule has 0 saturated heterocycles.